The Bertz CT molecular complexity index is 492. The summed E-state index contributed by atoms with van der Waals surface area (Å²) in [4.78, 5) is 21.8. The van der Waals surface area contributed by atoms with E-state index in [1.54, 1.807) is 0 Å². The van der Waals surface area contributed by atoms with Crippen molar-refractivity contribution in [3.63, 3.8) is 0 Å². The monoisotopic (exact) mass is 518 g/mol. The maximum Gasteiger partial charge on any atom is 2.00 e. The largest absolute Gasteiger partial charge is 2.00 e. The van der Waals surface area contributed by atoms with Crippen molar-refractivity contribution in [3.8, 4) is 0 Å². The van der Waals surface area contributed by atoms with Gasteiger partial charge in [0.25, 0.3) is 0 Å². The van der Waals surface area contributed by atoms with Crippen LogP contribution in [-0.2, 0) is 9.59 Å². The molecule has 200 valence electrons. The molecule has 0 heterocycles. The number of carbonyl (C=O) groups is 2. The molecule has 0 bridgehead atoms. The van der Waals surface area contributed by atoms with E-state index in [9.17, 15) is 19.8 Å². The molecule has 5 heteroatoms. The average Bonchev–Trinajstić information content (AvgIpc) is 2.81. The van der Waals surface area contributed by atoms with Crippen LogP contribution in [0.15, 0.2) is 23.3 Å². The number of carboxylic acid groups (broad SMARTS) is 2. The molecule has 0 saturated carbocycles. The quantitative estimate of drug-likeness (QED) is 0.0894. The van der Waals surface area contributed by atoms with Gasteiger partial charge in [-0.05, 0) is 62.5 Å². The fourth-order valence-corrected chi connectivity index (χ4v) is 3.75. The summed E-state index contributed by atoms with van der Waals surface area (Å²) in [7, 11) is 0. The van der Waals surface area contributed by atoms with Crippen molar-refractivity contribution in [1.29, 1.82) is 0 Å². The molecule has 0 fully saturated rings. The Morgan fingerprint density at radius 3 is 1.03 bits per heavy atom. The number of allylic oxidation sites excluding steroid dienone is 2. The van der Waals surface area contributed by atoms with Gasteiger partial charge in [-0.3, -0.25) is 0 Å². The zero-order valence-electron chi connectivity index (χ0n) is 23.6. The van der Waals surface area contributed by atoms with Crippen molar-refractivity contribution in [2.75, 3.05) is 0 Å². The Morgan fingerprint density at radius 2 is 0.771 bits per heavy atom. The van der Waals surface area contributed by atoms with E-state index in [1.807, 2.05) is 12.2 Å². The third kappa shape index (κ3) is 29.8. The van der Waals surface area contributed by atoms with E-state index >= 15 is 0 Å². The molecule has 0 aromatic rings. The summed E-state index contributed by atoms with van der Waals surface area (Å²) >= 11 is 0. The Morgan fingerprint density at radius 1 is 0.486 bits per heavy atom. The molecule has 0 aromatic carbocycles. The summed E-state index contributed by atoms with van der Waals surface area (Å²) in [5.41, 5.74) is 1.02. The van der Waals surface area contributed by atoms with Crippen LogP contribution in [0.4, 0.5) is 0 Å². The minimum atomic E-state index is -0.975. The van der Waals surface area contributed by atoms with Crippen LogP contribution in [0.2, 0.25) is 0 Å². The Balaban J connectivity index is -0.000000569. The van der Waals surface area contributed by atoms with Gasteiger partial charge in [0.15, 0.2) is 0 Å². The fraction of sp³-hybridized carbons (Fsp3) is 0.800. The van der Waals surface area contributed by atoms with E-state index < -0.39 is 11.9 Å². The van der Waals surface area contributed by atoms with E-state index in [4.69, 9.17) is 0 Å². The summed E-state index contributed by atoms with van der Waals surface area (Å²) in [5.74, 6) is -1.95. The molecule has 4 nitrogen and oxygen atoms in total. The van der Waals surface area contributed by atoms with Crippen molar-refractivity contribution in [3.05, 3.63) is 23.3 Å². The van der Waals surface area contributed by atoms with Crippen LogP contribution in [0.1, 0.15) is 156 Å². The Kier molecular flexibility index (Phi) is 35.5. The summed E-state index contributed by atoms with van der Waals surface area (Å²) in [5, 5.41) is 21.8. The van der Waals surface area contributed by atoms with Crippen molar-refractivity contribution in [2.45, 2.75) is 156 Å². The van der Waals surface area contributed by atoms with E-state index in [0.717, 1.165) is 51.4 Å². The molecule has 0 aliphatic rings. The van der Waals surface area contributed by atoms with Crippen molar-refractivity contribution >= 4 is 49.7 Å². The van der Waals surface area contributed by atoms with Gasteiger partial charge < -0.3 is 19.8 Å². The van der Waals surface area contributed by atoms with Gasteiger partial charge in [0.2, 0.25) is 0 Å². The molecule has 0 aliphatic carbocycles. The average molecular weight is 519 g/mol. The van der Waals surface area contributed by atoms with E-state index in [0.29, 0.717) is 24.0 Å². The van der Waals surface area contributed by atoms with Crippen LogP contribution in [0.5, 0.6) is 0 Å². The zero-order valence-corrected chi connectivity index (χ0v) is 25.8. The van der Waals surface area contributed by atoms with Crippen molar-refractivity contribution in [1.82, 2.24) is 0 Å². The Hall–Kier alpha value is -0.320. The molecule has 0 radical (unpaired) electrons. The molecular formula is C30H54CaO4. The number of hydrogen-bond donors (Lipinski definition) is 0. The topological polar surface area (TPSA) is 80.3 Å². The minimum absolute atomic E-state index is 0. The van der Waals surface area contributed by atoms with Crippen molar-refractivity contribution < 1.29 is 19.8 Å². The molecule has 0 N–H and O–H groups in total. The van der Waals surface area contributed by atoms with Gasteiger partial charge in [-0.15, -0.1) is 0 Å². The van der Waals surface area contributed by atoms with Crippen LogP contribution < -0.4 is 10.2 Å². The van der Waals surface area contributed by atoms with Gasteiger partial charge in [-0.2, -0.15) is 0 Å². The Labute approximate surface area is 247 Å². The van der Waals surface area contributed by atoms with Gasteiger partial charge in [0.05, 0.1) is 11.9 Å². The van der Waals surface area contributed by atoms with Crippen LogP contribution in [-0.4, -0.2) is 49.7 Å². The zero-order chi connectivity index (χ0) is 25.9. The van der Waals surface area contributed by atoms with Gasteiger partial charge in [0, 0.05) is 0 Å². The van der Waals surface area contributed by atoms with Crippen LogP contribution >= 0.6 is 0 Å². The van der Waals surface area contributed by atoms with E-state index in [1.165, 1.54) is 64.2 Å². The van der Waals surface area contributed by atoms with Crippen LogP contribution in [0.25, 0.3) is 0 Å². The van der Waals surface area contributed by atoms with Gasteiger partial charge >= 0.3 is 37.7 Å². The first-order chi connectivity index (χ1) is 16.4. The smallest absolute Gasteiger partial charge is 0.545 e. The first kappa shape index (κ1) is 39.2. The van der Waals surface area contributed by atoms with Crippen molar-refractivity contribution in [2.24, 2.45) is 0 Å². The molecular weight excluding hydrogens is 464 g/mol. The maximum atomic E-state index is 10.9. The molecule has 0 spiro atoms. The van der Waals surface area contributed by atoms with Gasteiger partial charge in [-0.25, -0.2) is 0 Å². The van der Waals surface area contributed by atoms with Crippen LogP contribution in [0, 0.1) is 0 Å². The van der Waals surface area contributed by atoms with Crippen LogP contribution in [0.3, 0.4) is 0 Å². The third-order valence-corrected chi connectivity index (χ3v) is 6.02. The number of hydrogen-bond acceptors (Lipinski definition) is 4. The second kappa shape index (κ2) is 31.7. The van der Waals surface area contributed by atoms with Gasteiger partial charge in [0.1, 0.15) is 0 Å². The standard InChI is InChI=1S/2C15H28O2.Ca/c2*1-3-5-7-9-11-13-14(15(16)17)12-10-8-6-4-2;/h2*13H,3-12H2,1-2H3,(H,16,17);/q;;+2/p-2/b2*14-13-;. The predicted octanol–water partition coefficient (Wildman–Crippen LogP) is 6.83. The van der Waals surface area contributed by atoms with E-state index in [-0.39, 0.29) is 37.7 Å². The second-order valence-corrected chi connectivity index (χ2v) is 9.35. The molecule has 0 atom stereocenters. The molecule has 0 unspecified atom stereocenters. The summed E-state index contributed by atoms with van der Waals surface area (Å²) in [6, 6.07) is 0. The summed E-state index contributed by atoms with van der Waals surface area (Å²) in [6.07, 6.45) is 25.3. The summed E-state index contributed by atoms with van der Waals surface area (Å²) in [6.45, 7) is 8.67. The minimum Gasteiger partial charge on any atom is -0.545 e. The maximum absolute atomic E-state index is 10.9. The SMILES string of the molecule is CCCCCC/C=C(/CCCCCC)C(=O)[O-].CCCCCC/C=C(/CCCCCC)C(=O)[O-].[Ca+2]. The molecule has 0 aromatic heterocycles. The molecule has 0 rings (SSSR count). The number of aliphatic carboxylic acids is 2. The normalized spacial score (nSPS) is 11.4. The first-order valence-corrected chi connectivity index (χ1v) is 14.2. The molecule has 35 heavy (non-hydrogen) atoms. The first-order valence-electron chi connectivity index (χ1n) is 14.2. The number of carboxylic acids is 2. The third-order valence-electron chi connectivity index (χ3n) is 6.02. The fourth-order valence-electron chi connectivity index (χ4n) is 3.75. The number of rotatable bonds is 22. The summed E-state index contributed by atoms with van der Waals surface area (Å²) < 4.78 is 0. The molecule has 0 aliphatic heterocycles. The molecule has 0 amide bonds. The molecule has 0 saturated heterocycles. The van der Waals surface area contributed by atoms with E-state index in [2.05, 4.69) is 27.7 Å². The number of carbonyl (C=O) groups excluding carboxylic acids is 2. The second-order valence-electron chi connectivity index (χ2n) is 9.35. The predicted molar refractivity (Wildman–Crippen MR) is 147 cm³/mol. The number of unbranched alkanes of at least 4 members (excludes halogenated alkanes) is 14. The van der Waals surface area contributed by atoms with Gasteiger partial charge in [-0.1, -0.05) is 117 Å².